The van der Waals surface area contributed by atoms with Gasteiger partial charge in [-0.25, -0.2) is 4.79 Å². The molecule has 11 nitrogen and oxygen atoms in total. The number of unbranched alkanes of at least 4 members (excludes halogenated alkanes) is 1. The second kappa shape index (κ2) is 12.2. The summed E-state index contributed by atoms with van der Waals surface area (Å²) in [6, 6.07) is 3.53. The molecular weight excluding hydrogens is 394 g/mol. The maximum Gasteiger partial charge on any atom is 0.326 e. The van der Waals surface area contributed by atoms with Crippen LogP contribution in [-0.4, -0.2) is 53.3 Å². The predicted octanol–water partition coefficient (Wildman–Crippen LogP) is -0.683. The van der Waals surface area contributed by atoms with E-state index in [4.69, 9.17) is 16.6 Å². The molecule has 0 unspecified atom stereocenters. The Bertz CT molecular complexity index is 780. The third-order valence-electron chi connectivity index (χ3n) is 4.06. The normalized spacial score (nSPS) is 12.3. The van der Waals surface area contributed by atoms with Gasteiger partial charge in [0.05, 0.1) is 6.42 Å². The second-order valence-electron chi connectivity index (χ2n) is 6.64. The molecule has 0 saturated heterocycles. The van der Waals surface area contributed by atoms with Crippen molar-refractivity contribution in [3.8, 4) is 0 Å². The Morgan fingerprint density at radius 1 is 1.00 bits per heavy atom. The van der Waals surface area contributed by atoms with Crippen LogP contribution in [0, 0.1) is 0 Å². The summed E-state index contributed by atoms with van der Waals surface area (Å²) in [6.07, 6.45) is 1.29. The molecule has 1 aromatic carbocycles. The van der Waals surface area contributed by atoms with Crippen molar-refractivity contribution >= 4 is 35.3 Å². The zero-order valence-electron chi connectivity index (χ0n) is 16.6. The number of hydrogen-bond donors (Lipinski definition) is 6. The Morgan fingerprint density at radius 2 is 1.63 bits per heavy atom. The smallest absolute Gasteiger partial charge is 0.326 e. The number of benzene rings is 1. The number of carbonyl (C=O) groups excluding carboxylic acids is 4. The van der Waals surface area contributed by atoms with Crippen molar-refractivity contribution in [2.75, 3.05) is 11.9 Å². The summed E-state index contributed by atoms with van der Waals surface area (Å²) in [5.41, 5.74) is 10.9. The summed E-state index contributed by atoms with van der Waals surface area (Å²) in [5.74, 6) is -3.70. The molecule has 8 N–H and O–H groups in total. The van der Waals surface area contributed by atoms with E-state index in [1.54, 1.807) is 0 Å². The Morgan fingerprint density at radius 3 is 2.13 bits per heavy atom. The highest BCUT2D eigenvalue weighted by atomic mass is 16.4. The molecule has 1 rings (SSSR count). The summed E-state index contributed by atoms with van der Waals surface area (Å²) >= 11 is 0. The second-order valence-corrected chi connectivity index (χ2v) is 6.64. The van der Waals surface area contributed by atoms with Gasteiger partial charge in [0, 0.05) is 18.2 Å². The Labute approximate surface area is 173 Å². The van der Waals surface area contributed by atoms with Gasteiger partial charge in [0.1, 0.15) is 12.1 Å². The monoisotopic (exact) mass is 421 g/mol. The van der Waals surface area contributed by atoms with E-state index in [2.05, 4.69) is 16.0 Å². The Balaban J connectivity index is 2.76. The highest BCUT2D eigenvalue weighted by Crippen LogP contribution is 2.12. The molecule has 0 aliphatic carbocycles. The molecule has 0 aliphatic rings. The summed E-state index contributed by atoms with van der Waals surface area (Å²) in [7, 11) is 0. The maximum atomic E-state index is 12.4. The van der Waals surface area contributed by atoms with Gasteiger partial charge in [0.25, 0.3) is 5.91 Å². The summed E-state index contributed by atoms with van der Waals surface area (Å²) in [5, 5.41) is 16.5. The van der Waals surface area contributed by atoms with Crippen molar-refractivity contribution in [3.05, 3.63) is 29.8 Å². The lowest BCUT2D eigenvalue weighted by atomic mass is 10.1. The number of rotatable bonds is 12. The van der Waals surface area contributed by atoms with Crippen molar-refractivity contribution in [1.82, 2.24) is 10.6 Å². The lowest BCUT2D eigenvalue weighted by Crippen LogP contribution is -2.43. The van der Waals surface area contributed by atoms with Crippen LogP contribution in [0.3, 0.4) is 0 Å². The summed E-state index contributed by atoms with van der Waals surface area (Å²) in [6.45, 7) is 1.80. The van der Waals surface area contributed by atoms with Gasteiger partial charge < -0.3 is 32.5 Å². The van der Waals surface area contributed by atoms with Gasteiger partial charge in [-0.2, -0.15) is 0 Å². The van der Waals surface area contributed by atoms with Crippen LogP contribution in [-0.2, 0) is 19.2 Å². The molecule has 0 fully saturated rings. The minimum absolute atomic E-state index is 0.130. The van der Waals surface area contributed by atoms with E-state index in [-0.39, 0.29) is 11.5 Å². The van der Waals surface area contributed by atoms with Gasteiger partial charge in [-0.05, 0) is 50.1 Å². The van der Waals surface area contributed by atoms with Crippen LogP contribution in [0.15, 0.2) is 24.3 Å². The third kappa shape index (κ3) is 8.69. The fourth-order valence-corrected chi connectivity index (χ4v) is 2.58. The van der Waals surface area contributed by atoms with Crippen LogP contribution >= 0.6 is 0 Å². The van der Waals surface area contributed by atoms with E-state index in [0.717, 1.165) is 6.42 Å². The lowest BCUT2D eigenvalue weighted by molar-refractivity contribution is -0.141. The van der Waals surface area contributed by atoms with Gasteiger partial charge in [0.2, 0.25) is 17.7 Å². The number of amides is 4. The molecule has 0 bridgehead atoms. The minimum Gasteiger partial charge on any atom is -0.480 e. The molecule has 11 heteroatoms. The Hall–Kier alpha value is -3.47. The van der Waals surface area contributed by atoms with Crippen LogP contribution < -0.4 is 27.4 Å². The number of carboxylic acids is 1. The van der Waals surface area contributed by atoms with Crippen LogP contribution in [0.1, 0.15) is 43.0 Å². The van der Waals surface area contributed by atoms with Crippen molar-refractivity contribution < 1.29 is 29.1 Å². The first-order valence-electron chi connectivity index (χ1n) is 9.34. The zero-order chi connectivity index (χ0) is 22.7. The summed E-state index contributed by atoms with van der Waals surface area (Å²) < 4.78 is 0. The van der Waals surface area contributed by atoms with Gasteiger partial charge in [-0.3, -0.25) is 19.2 Å². The SMILES string of the molecule is CC(=O)N[C@@H](CCCCN)C(=O)Nc1ccc(C(=O)N[C@@H](CC(N)=O)C(=O)O)cc1. The standard InChI is InChI=1S/C19H27N5O6/c1-11(25)22-14(4-2-3-9-20)18(28)23-13-7-5-12(6-8-13)17(27)24-15(19(29)30)10-16(21)26/h5-8,14-15H,2-4,9-10,20H2,1H3,(H2,21,26)(H,22,25)(H,23,28)(H,24,27)(H,29,30)/t14-,15-/m0/s1. The lowest BCUT2D eigenvalue weighted by Gasteiger charge is -2.18. The van der Waals surface area contributed by atoms with E-state index in [9.17, 15) is 24.0 Å². The molecule has 30 heavy (non-hydrogen) atoms. The van der Waals surface area contributed by atoms with Gasteiger partial charge in [0.15, 0.2) is 0 Å². The number of carbonyl (C=O) groups is 5. The number of nitrogens with one attached hydrogen (secondary N) is 3. The van der Waals surface area contributed by atoms with Crippen molar-refractivity contribution in [2.45, 2.75) is 44.7 Å². The quantitative estimate of drug-likeness (QED) is 0.240. The van der Waals surface area contributed by atoms with E-state index in [1.165, 1.54) is 31.2 Å². The molecule has 0 aromatic heterocycles. The van der Waals surface area contributed by atoms with Crippen molar-refractivity contribution in [1.29, 1.82) is 0 Å². The van der Waals surface area contributed by atoms with Gasteiger partial charge >= 0.3 is 5.97 Å². The fraction of sp³-hybridized carbons (Fsp3) is 0.421. The molecule has 164 valence electrons. The average Bonchev–Trinajstić information content (AvgIpc) is 2.66. The topological polar surface area (TPSA) is 194 Å². The first-order chi connectivity index (χ1) is 14.1. The first-order valence-corrected chi connectivity index (χ1v) is 9.34. The Kier molecular flexibility index (Phi) is 9.97. The van der Waals surface area contributed by atoms with Crippen molar-refractivity contribution in [2.24, 2.45) is 11.5 Å². The van der Waals surface area contributed by atoms with Crippen LogP contribution in [0.2, 0.25) is 0 Å². The van der Waals surface area contributed by atoms with Crippen LogP contribution in [0.4, 0.5) is 5.69 Å². The zero-order valence-corrected chi connectivity index (χ0v) is 16.6. The highest BCUT2D eigenvalue weighted by molar-refractivity contribution is 5.99. The fourth-order valence-electron chi connectivity index (χ4n) is 2.58. The molecule has 0 saturated carbocycles. The van der Waals surface area contributed by atoms with E-state index < -0.39 is 42.2 Å². The molecular formula is C19H27N5O6. The summed E-state index contributed by atoms with van der Waals surface area (Å²) in [4.78, 5) is 58.0. The minimum atomic E-state index is -1.44. The van der Waals surface area contributed by atoms with Crippen molar-refractivity contribution in [3.63, 3.8) is 0 Å². The number of hydrogen-bond acceptors (Lipinski definition) is 6. The molecule has 0 heterocycles. The molecule has 4 amide bonds. The van der Waals surface area contributed by atoms with Gasteiger partial charge in [-0.1, -0.05) is 0 Å². The highest BCUT2D eigenvalue weighted by Gasteiger charge is 2.23. The first kappa shape index (κ1) is 24.6. The largest absolute Gasteiger partial charge is 0.480 e. The number of anilines is 1. The number of aliphatic carboxylic acids is 1. The molecule has 0 spiro atoms. The predicted molar refractivity (Wildman–Crippen MR) is 108 cm³/mol. The van der Waals surface area contributed by atoms with Gasteiger partial charge in [-0.15, -0.1) is 0 Å². The van der Waals surface area contributed by atoms with Crippen LogP contribution in [0.25, 0.3) is 0 Å². The maximum absolute atomic E-state index is 12.4. The average molecular weight is 421 g/mol. The number of carboxylic acid groups (broad SMARTS) is 1. The molecule has 0 aliphatic heterocycles. The van der Waals surface area contributed by atoms with E-state index in [0.29, 0.717) is 25.1 Å². The molecule has 2 atom stereocenters. The van der Waals surface area contributed by atoms with E-state index >= 15 is 0 Å². The number of nitrogens with two attached hydrogens (primary N) is 2. The molecule has 1 aromatic rings. The van der Waals surface area contributed by atoms with E-state index in [1.807, 2.05) is 0 Å². The number of primary amides is 1. The molecule has 0 radical (unpaired) electrons. The third-order valence-corrected chi connectivity index (χ3v) is 4.06. The van der Waals surface area contributed by atoms with Crippen LogP contribution in [0.5, 0.6) is 0 Å².